The van der Waals surface area contributed by atoms with E-state index < -0.39 is 8.32 Å². The molecule has 8 heteroatoms. The zero-order valence-corrected chi connectivity index (χ0v) is 22.1. The van der Waals surface area contributed by atoms with Crippen molar-refractivity contribution in [1.82, 2.24) is 15.0 Å². The largest absolute Gasteiger partial charge is 0.411 e. The third kappa shape index (κ3) is 5.50. The minimum absolute atomic E-state index is 0.0314. The number of carbonyl (C=O) groups is 1. The summed E-state index contributed by atoms with van der Waals surface area (Å²) in [6, 6.07) is 6.19. The average Bonchev–Trinajstić information content (AvgIpc) is 3.32. The summed E-state index contributed by atoms with van der Waals surface area (Å²) in [6.45, 7) is 11.6. The fraction of sp³-hybridized carbons (Fsp3) is 0.520. The van der Waals surface area contributed by atoms with Crippen LogP contribution in [0, 0.1) is 5.92 Å². The number of hydrogen-bond acceptors (Lipinski definition) is 6. The number of nitrogens with zero attached hydrogens (tertiary/aromatic N) is 3. The van der Waals surface area contributed by atoms with Crippen molar-refractivity contribution < 1.29 is 9.22 Å². The number of thiazole rings is 1. The zero-order chi connectivity index (χ0) is 23.6. The van der Waals surface area contributed by atoms with Crippen molar-refractivity contribution >= 4 is 42.4 Å². The van der Waals surface area contributed by atoms with Crippen molar-refractivity contribution in [2.75, 3.05) is 5.32 Å². The van der Waals surface area contributed by atoms with Gasteiger partial charge in [0, 0.05) is 17.5 Å². The Kier molecular flexibility index (Phi) is 6.98. The molecule has 1 N–H and O–H groups in total. The second kappa shape index (κ2) is 9.60. The van der Waals surface area contributed by atoms with Crippen LogP contribution in [0.4, 0.5) is 5.95 Å². The Balaban J connectivity index is 1.68. The highest BCUT2D eigenvalue weighted by molar-refractivity contribution is 7.13. The van der Waals surface area contributed by atoms with Gasteiger partial charge in [0.05, 0.1) is 28.2 Å². The molecule has 1 aliphatic rings. The van der Waals surface area contributed by atoms with Crippen LogP contribution in [0.15, 0.2) is 29.9 Å². The van der Waals surface area contributed by atoms with Gasteiger partial charge in [-0.05, 0) is 42.6 Å². The third-order valence-corrected chi connectivity index (χ3v) is 12.4. The number of fused-ring (bicyclic) bond motifs is 1. The van der Waals surface area contributed by atoms with Gasteiger partial charge in [-0.2, -0.15) is 0 Å². The van der Waals surface area contributed by atoms with E-state index in [1.165, 1.54) is 6.42 Å². The van der Waals surface area contributed by atoms with Crippen LogP contribution in [0.2, 0.25) is 18.1 Å². The standard InChI is InChI=1S/C25H34N4O2SSi/c1-25(2,3)33(4,5)31-15-21-19-12-11-18(22-14-26-16-32-22)13-20(19)27-24(28-21)29-23(30)17-9-7-6-8-10-17/h11-14,16-17H,6-10,15H2,1-5H3,(H,27,28,29,30). The second-order valence-corrected chi connectivity index (χ2v) is 16.2. The van der Waals surface area contributed by atoms with Gasteiger partial charge in [0.2, 0.25) is 11.9 Å². The molecule has 0 unspecified atom stereocenters. The van der Waals surface area contributed by atoms with Crippen molar-refractivity contribution in [3.63, 3.8) is 0 Å². The third-order valence-electron chi connectivity index (χ3n) is 7.08. The first-order chi connectivity index (χ1) is 15.6. The maximum atomic E-state index is 12.9. The highest BCUT2D eigenvalue weighted by Gasteiger charge is 2.37. The normalized spacial score (nSPS) is 15.7. The summed E-state index contributed by atoms with van der Waals surface area (Å²) in [5, 5.41) is 4.07. The van der Waals surface area contributed by atoms with Crippen LogP contribution in [0.25, 0.3) is 21.3 Å². The monoisotopic (exact) mass is 482 g/mol. The van der Waals surface area contributed by atoms with Crippen molar-refractivity contribution in [3.8, 4) is 10.4 Å². The topological polar surface area (TPSA) is 77.0 Å². The average molecular weight is 483 g/mol. The number of carbonyl (C=O) groups excluding carboxylic acids is 1. The van der Waals surface area contributed by atoms with Crippen LogP contribution in [-0.2, 0) is 15.8 Å². The van der Waals surface area contributed by atoms with E-state index in [1.807, 2.05) is 11.7 Å². The minimum atomic E-state index is -1.96. The SMILES string of the molecule is CC(C)(C)[Si](C)(C)OCc1nc(NC(=O)C2CCCCC2)nc2cc(-c3cncs3)ccc12. The molecule has 0 atom stereocenters. The fourth-order valence-corrected chi connectivity index (χ4v) is 5.47. The molecule has 4 rings (SSSR count). The van der Waals surface area contributed by atoms with Crippen LogP contribution in [-0.4, -0.2) is 29.2 Å². The number of rotatable bonds is 6. The molecule has 0 spiro atoms. The maximum Gasteiger partial charge on any atom is 0.230 e. The summed E-state index contributed by atoms with van der Waals surface area (Å²) in [5.74, 6) is 0.450. The van der Waals surface area contributed by atoms with Gasteiger partial charge < -0.3 is 4.43 Å². The molecule has 1 aromatic carbocycles. The number of amides is 1. The Morgan fingerprint density at radius 3 is 2.61 bits per heavy atom. The lowest BCUT2D eigenvalue weighted by Crippen LogP contribution is -2.40. The molecule has 33 heavy (non-hydrogen) atoms. The van der Waals surface area contributed by atoms with E-state index in [2.05, 4.69) is 62.4 Å². The van der Waals surface area contributed by atoms with Crippen molar-refractivity contribution in [2.45, 2.75) is 77.6 Å². The van der Waals surface area contributed by atoms with Crippen LogP contribution in [0.1, 0.15) is 58.6 Å². The Labute approximate surface area is 201 Å². The van der Waals surface area contributed by atoms with Gasteiger partial charge >= 0.3 is 0 Å². The Morgan fingerprint density at radius 2 is 1.94 bits per heavy atom. The second-order valence-electron chi connectivity index (χ2n) is 10.5. The van der Waals surface area contributed by atoms with E-state index in [-0.39, 0.29) is 16.9 Å². The van der Waals surface area contributed by atoms with E-state index in [9.17, 15) is 4.79 Å². The van der Waals surface area contributed by atoms with Gasteiger partial charge in [-0.25, -0.2) is 9.97 Å². The lowest BCUT2D eigenvalue weighted by Gasteiger charge is -2.36. The predicted octanol–water partition coefficient (Wildman–Crippen LogP) is 6.79. The summed E-state index contributed by atoms with van der Waals surface area (Å²) in [6.07, 6.45) is 7.18. The lowest BCUT2D eigenvalue weighted by atomic mass is 9.89. The van der Waals surface area contributed by atoms with E-state index in [1.54, 1.807) is 11.3 Å². The first-order valence-electron chi connectivity index (χ1n) is 11.8. The minimum Gasteiger partial charge on any atom is -0.411 e. The van der Waals surface area contributed by atoms with E-state index in [4.69, 9.17) is 14.4 Å². The molecule has 0 bridgehead atoms. The molecule has 2 aromatic heterocycles. The first-order valence-corrected chi connectivity index (χ1v) is 15.6. The van der Waals surface area contributed by atoms with Crippen LogP contribution in [0.3, 0.4) is 0 Å². The summed E-state index contributed by atoms with van der Waals surface area (Å²) in [5.41, 5.74) is 4.51. The molecule has 3 aromatic rings. The zero-order valence-electron chi connectivity index (χ0n) is 20.3. The Bertz CT molecular complexity index is 1120. The van der Waals surface area contributed by atoms with Gasteiger partial charge in [-0.1, -0.05) is 52.2 Å². The van der Waals surface area contributed by atoms with E-state index >= 15 is 0 Å². The lowest BCUT2D eigenvalue weighted by molar-refractivity contribution is -0.120. The molecule has 1 saturated carbocycles. The van der Waals surface area contributed by atoms with Crippen LogP contribution < -0.4 is 5.32 Å². The number of aromatic nitrogens is 3. The van der Waals surface area contributed by atoms with Crippen molar-refractivity contribution in [3.05, 3.63) is 35.6 Å². The summed E-state index contributed by atoms with van der Waals surface area (Å²) in [7, 11) is -1.96. The first kappa shape index (κ1) is 24.0. The van der Waals surface area contributed by atoms with E-state index in [0.717, 1.165) is 52.7 Å². The molecule has 0 saturated heterocycles. The highest BCUT2D eigenvalue weighted by Crippen LogP contribution is 2.37. The smallest absolute Gasteiger partial charge is 0.230 e. The van der Waals surface area contributed by atoms with Crippen molar-refractivity contribution in [1.29, 1.82) is 0 Å². The van der Waals surface area contributed by atoms with Crippen LogP contribution in [0.5, 0.6) is 0 Å². The molecule has 1 amide bonds. The molecule has 1 fully saturated rings. The summed E-state index contributed by atoms with van der Waals surface area (Å²) >= 11 is 1.60. The fourth-order valence-electron chi connectivity index (χ4n) is 3.92. The summed E-state index contributed by atoms with van der Waals surface area (Å²) in [4.78, 5) is 27.7. The molecule has 176 valence electrons. The number of nitrogens with one attached hydrogen (secondary N) is 1. The van der Waals surface area contributed by atoms with Crippen molar-refractivity contribution in [2.24, 2.45) is 5.92 Å². The molecule has 0 radical (unpaired) electrons. The molecule has 2 heterocycles. The van der Waals surface area contributed by atoms with Gasteiger partial charge in [0.1, 0.15) is 0 Å². The highest BCUT2D eigenvalue weighted by atomic mass is 32.1. The van der Waals surface area contributed by atoms with Gasteiger partial charge in [-0.15, -0.1) is 11.3 Å². The predicted molar refractivity (Wildman–Crippen MR) is 138 cm³/mol. The molecule has 1 aliphatic carbocycles. The molecule has 0 aliphatic heterocycles. The van der Waals surface area contributed by atoms with Gasteiger partial charge in [0.25, 0.3) is 0 Å². The van der Waals surface area contributed by atoms with Crippen LogP contribution >= 0.6 is 11.3 Å². The Hall–Kier alpha value is -2.16. The van der Waals surface area contributed by atoms with E-state index in [0.29, 0.717) is 12.6 Å². The Morgan fingerprint density at radius 1 is 1.18 bits per heavy atom. The van der Waals surface area contributed by atoms with Gasteiger partial charge in [-0.3, -0.25) is 15.1 Å². The number of anilines is 1. The van der Waals surface area contributed by atoms with Gasteiger partial charge in [0.15, 0.2) is 8.32 Å². The molecular weight excluding hydrogens is 448 g/mol. The quantitative estimate of drug-likeness (QED) is 0.391. The number of hydrogen-bond donors (Lipinski definition) is 1. The molecular formula is C25H34N4O2SSi. The summed E-state index contributed by atoms with van der Waals surface area (Å²) < 4.78 is 6.49. The number of benzene rings is 1. The molecule has 6 nitrogen and oxygen atoms in total. The maximum absolute atomic E-state index is 12.9.